The molecule has 1 unspecified atom stereocenters. The average Bonchev–Trinajstić information content (AvgIpc) is 2.16. The number of Topliss-reactive ketones (excluding diaryl/α,β-unsaturated/α-hetero) is 1. The Morgan fingerprint density at radius 3 is 2.69 bits per heavy atom. The third-order valence-electron chi connectivity index (χ3n) is 2.18. The van der Waals surface area contributed by atoms with E-state index in [9.17, 15) is 9.90 Å². The van der Waals surface area contributed by atoms with Crippen LogP contribution in [-0.2, 0) is 4.79 Å². The molecule has 0 heterocycles. The lowest BCUT2D eigenvalue weighted by atomic mass is 10.1. The molecule has 0 spiro atoms. The summed E-state index contributed by atoms with van der Waals surface area (Å²) in [6.07, 6.45) is 0.151. The summed E-state index contributed by atoms with van der Waals surface area (Å²) in [5.74, 6) is 0.461. The Hall–Kier alpha value is -1.84. The second kappa shape index (κ2) is 5.30. The molecule has 0 aliphatic heterocycles. The molecule has 1 aromatic carbocycles. The molecule has 1 rings (SSSR count). The van der Waals surface area contributed by atoms with Gasteiger partial charge in [0.05, 0.1) is 12.5 Å². The van der Waals surface area contributed by atoms with Crippen molar-refractivity contribution >= 4 is 11.6 Å². The summed E-state index contributed by atoms with van der Waals surface area (Å²) < 4.78 is 0. The summed E-state index contributed by atoms with van der Waals surface area (Å²) in [7, 11) is 0. The van der Waals surface area contributed by atoms with Crippen molar-refractivity contribution in [3.63, 3.8) is 0 Å². The number of nitrogens with two attached hydrogens (primary N) is 1. The Morgan fingerprint density at radius 2 is 2.12 bits per heavy atom. The van der Waals surface area contributed by atoms with Crippen LogP contribution in [0, 0.1) is 0 Å². The van der Waals surface area contributed by atoms with Gasteiger partial charge in [-0.1, -0.05) is 18.2 Å². The van der Waals surface area contributed by atoms with Crippen LogP contribution in [0.5, 0.6) is 5.75 Å². The molecule has 16 heavy (non-hydrogen) atoms. The first kappa shape index (κ1) is 12.2. The minimum absolute atomic E-state index is 0.0225. The second-order valence-corrected chi connectivity index (χ2v) is 3.73. The quantitative estimate of drug-likeness (QED) is 0.600. The van der Waals surface area contributed by atoms with Crippen LogP contribution in [0.2, 0.25) is 0 Å². The molecular weight excluding hydrogens is 204 g/mol. The Labute approximate surface area is 94.8 Å². The molecule has 4 heteroatoms. The van der Waals surface area contributed by atoms with Crippen molar-refractivity contribution in [2.75, 3.05) is 0 Å². The van der Waals surface area contributed by atoms with Crippen LogP contribution in [0.4, 0.5) is 0 Å². The fraction of sp³-hybridized carbons (Fsp3) is 0.333. The zero-order chi connectivity index (χ0) is 12.1. The highest BCUT2D eigenvalue weighted by Crippen LogP contribution is 2.25. The first-order valence-corrected chi connectivity index (χ1v) is 5.10. The molecule has 4 nitrogen and oxygen atoms in total. The van der Waals surface area contributed by atoms with E-state index in [0.717, 1.165) is 0 Å². The van der Waals surface area contributed by atoms with E-state index in [4.69, 9.17) is 5.73 Å². The van der Waals surface area contributed by atoms with Crippen LogP contribution in [0.3, 0.4) is 0 Å². The van der Waals surface area contributed by atoms with Crippen LogP contribution in [0.15, 0.2) is 29.3 Å². The molecule has 0 saturated heterocycles. The monoisotopic (exact) mass is 220 g/mol. The van der Waals surface area contributed by atoms with Gasteiger partial charge in [-0.25, -0.2) is 0 Å². The number of benzene rings is 1. The highest BCUT2D eigenvalue weighted by Gasteiger charge is 2.09. The maximum absolute atomic E-state index is 10.8. The number of nitrogens with zero attached hydrogens (tertiary/aromatic N) is 1. The molecule has 0 radical (unpaired) electrons. The van der Waals surface area contributed by atoms with Crippen molar-refractivity contribution < 1.29 is 9.90 Å². The van der Waals surface area contributed by atoms with Crippen LogP contribution >= 0.6 is 0 Å². The number of carbonyl (C=O) groups excluding carboxylic acids is 1. The number of ketones is 1. The van der Waals surface area contributed by atoms with Crippen molar-refractivity contribution in [2.24, 2.45) is 10.7 Å². The standard InChI is InChI=1S/C12H16N2O2/c1-8(15)7-12(13)14-9(2)10-5-3-4-6-11(10)16/h3-6,9,16H,7H2,1-2H3,(H2,13,14). The van der Waals surface area contributed by atoms with Gasteiger partial charge in [-0.3, -0.25) is 9.79 Å². The Balaban J connectivity index is 2.83. The van der Waals surface area contributed by atoms with Crippen molar-refractivity contribution in [3.8, 4) is 5.75 Å². The van der Waals surface area contributed by atoms with Crippen molar-refractivity contribution in [1.29, 1.82) is 0 Å². The average molecular weight is 220 g/mol. The largest absolute Gasteiger partial charge is 0.508 e. The number of hydrogen-bond donors (Lipinski definition) is 2. The molecule has 0 fully saturated rings. The van der Waals surface area contributed by atoms with Crippen molar-refractivity contribution in [1.82, 2.24) is 0 Å². The summed E-state index contributed by atoms with van der Waals surface area (Å²) in [4.78, 5) is 15.0. The van der Waals surface area contributed by atoms with E-state index >= 15 is 0 Å². The van der Waals surface area contributed by atoms with Gasteiger partial charge in [0.1, 0.15) is 17.4 Å². The zero-order valence-electron chi connectivity index (χ0n) is 9.47. The minimum Gasteiger partial charge on any atom is -0.508 e. The summed E-state index contributed by atoms with van der Waals surface area (Å²) >= 11 is 0. The number of para-hydroxylation sites is 1. The number of hydrogen-bond acceptors (Lipinski definition) is 3. The third kappa shape index (κ3) is 3.38. The fourth-order valence-electron chi connectivity index (χ4n) is 1.46. The maximum Gasteiger partial charge on any atom is 0.137 e. The van der Waals surface area contributed by atoms with Crippen molar-refractivity contribution in [2.45, 2.75) is 26.3 Å². The van der Waals surface area contributed by atoms with E-state index in [1.165, 1.54) is 6.92 Å². The zero-order valence-corrected chi connectivity index (χ0v) is 9.47. The fourth-order valence-corrected chi connectivity index (χ4v) is 1.46. The van der Waals surface area contributed by atoms with Gasteiger partial charge in [-0.05, 0) is 19.9 Å². The second-order valence-electron chi connectivity index (χ2n) is 3.73. The lowest BCUT2D eigenvalue weighted by Crippen LogP contribution is -2.16. The lowest BCUT2D eigenvalue weighted by molar-refractivity contribution is -0.115. The predicted molar refractivity (Wildman–Crippen MR) is 63.4 cm³/mol. The molecule has 0 aliphatic rings. The molecule has 1 aromatic rings. The topological polar surface area (TPSA) is 75.7 Å². The van der Waals surface area contributed by atoms with Gasteiger partial charge in [0.2, 0.25) is 0 Å². The molecular formula is C12H16N2O2. The number of carbonyl (C=O) groups is 1. The Kier molecular flexibility index (Phi) is 4.05. The predicted octanol–water partition coefficient (Wildman–Crippen LogP) is 1.79. The van der Waals surface area contributed by atoms with E-state index < -0.39 is 0 Å². The van der Waals surface area contributed by atoms with Gasteiger partial charge >= 0.3 is 0 Å². The number of aromatic hydroxyl groups is 1. The molecule has 1 atom stereocenters. The minimum atomic E-state index is -0.249. The summed E-state index contributed by atoms with van der Waals surface area (Å²) in [6, 6.07) is 6.70. The maximum atomic E-state index is 10.8. The lowest BCUT2D eigenvalue weighted by Gasteiger charge is -2.09. The van der Waals surface area contributed by atoms with Crippen molar-refractivity contribution in [3.05, 3.63) is 29.8 Å². The molecule has 86 valence electrons. The van der Waals surface area contributed by atoms with E-state index in [1.807, 2.05) is 13.0 Å². The Bertz CT molecular complexity index is 413. The van der Waals surface area contributed by atoms with Crippen LogP contribution in [0.25, 0.3) is 0 Å². The molecule has 0 saturated carbocycles. The van der Waals surface area contributed by atoms with Gasteiger partial charge in [0.25, 0.3) is 0 Å². The molecule has 0 aromatic heterocycles. The number of phenols is 1. The molecule has 0 aliphatic carbocycles. The number of amidine groups is 1. The summed E-state index contributed by atoms with van der Waals surface area (Å²) in [6.45, 7) is 3.29. The highest BCUT2D eigenvalue weighted by atomic mass is 16.3. The Morgan fingerprint density at radius 1 is 1.50 bits per heavy atom. The van der Waals surface area contributed by atoms with Crippen LogP contribution in [-0.4, -0.2) is 16.7 Å². The summed E-state index contributed by atoms with van der Waals surface area (Å²) in [5.41, 5.74) is 6.31. The first-order chi connectivity index (χ1) is 7.50. The number of aliphatic imine (C=N–C) groups is 1. The van der Waals surface area contributed by atoms with E-state index in [1.54, 1.807) is 18.2 Å². The van der Waals surface area contributed by atoms with Gasteiger partial charge in [-0.15, -0.1) is 0 Å². The van der Waals surface area contributed by atoms with E-state index in [-0.39, 0.29) is 24.0 Å². The van der Waals surface area contributed by atoms with E-state index in [2.05, 4.69) is 4.99 Å². The third-order valence-corrected chi connectivity index (χ3v) is 2.18. The van der Waals surface area contributed by atoms with Gasteiger partial charge < -0.3 is 10.8 Å². The number of rotatable bonds is 4. The van der Waals surface area contributed by atoms with Crippen LogP contribution in [0.1, 0.15) is 31.9 Å². The smallest absolute Gasteiger partial charge is 0.137 e. The van der Waals surface area contributed by atoms with E-state index in [0.29, 0.717) is 11.4 Å². The molecule has 0 amide bonds. The molecule has 3 N–H and O–H groups in total. The SMILES string of the molecule is CC(=O)CC(N)=NC(C)c1ccccc1O. The van der Waals surface area contributed by atoms with Gasteiger partial charge in [0.15, 0.2) is 0 Å². The van der Waals surface area contributed by atoms with Gasteiger partial charge in [-0.2, -0.15) is 0 Å². The van der Waals surface area contributed by atoms with Gasteiger partial charge in [0, 0.05) is 5.56 Å². The summed E-state index contributed by atoms with van der Waals surface area (Å²) in [5, 5.41) is 9.60. The molecule has 0 bridgehead atoms. The first-order valence-electron chi connectivity index (χ1n) is 5.10. The van der Waals surface area contributed by atoms with Crippen LogP contribution < -0.4 is 5.73 Å². The normalized spacial score (nSPS) is 13.5. The number of phenolic OH excluding ortho intramolecular Hbond substituents is 1. The highest BCUT2D eigenvalue weighted by molar-refractivity contribution is 5.98.